The van der Waals surface area contributed by atoms with Gasteiger partial charge in [-0.3, -0.25) is 29.4 Å². The minimum atomic E-state index is -1.32. The fourth-order valence-electron chi connectivity index (χ4n) is 4.50. The van der Waals surface area contributed by atoms with Crippen LogP contribution in [-0.4, -0.2) is 87.2 Å². The molecule has 41 heavy (non-hydrogen) atoms. The van der Waals surface area contributed by atoms with Gasteiger partial charge in [0.15, 0.2) is 0 Å². The van der Waals surface area contributed by atoms with Crippen molar-refractivity contribution < 1.29 is 38.7 Å². The van der Waals surface area contributed by atoms with E-state index < -0.39 is 48.2 Å². The van der Waals surface area contributed by atoms with Gasteiger partial charge in [0, 0.05) is 29.8 Å². The van der Waals surface area contributed by atoms with Gasteiger partial charge < -0.3 is 20.5 Å². The zero-order valence-corrected chi connectivity index (χ0v) is 21.8. The molecule has 214 valence electrons. The molecule has 0 spiro atoms. The van der Waals surface area contributed by atoms with Crippen molar-refractivity contribution in [2.24, 2.45) is 0 Å². The molecule has 14 nitrogen and oxygen atoms in total. The van der Waals surface area contributed by atoms with Gasteiger partial charge >= 0.3 is 12.0 Å². The van der Waals surface area contributed by atoms with Gasteiger partial charge in [-0.05, 0) is 49.2 Å². The Morgan fingerprint density at radius 2 is 1.63 bits per heavy atom. The van der Waals surface area contributed by atoms with E-state index in [9.17, 15) is 33.6 Å². The highest BCUT2D eigenvalue weighted by Gasteiger charge is 2.44. The molecule has 14 heteroatoms. The van der Waals surface area contributed by atoms with E-state index in [1.807, 2.05) is 0 Å². The first-order valence-electron chi connectivity index (χ1n) is 12.8. The summed E-state index contributed by atoms with van der Waals surface area (Å²) in [6.07, 6.45) is 0.0510. The lowest BCUT2D eigenvalue weighted by molar-refractivity contribution is -0.155. The van der Waals surface area contributed by atoms with Crippen LogP contribution in [0.3, 0.4) is 0 Å². The average molecular weight is 565 g/mol. The number of amides is 6. The normalized spacial score (nSPS) is 17.6. The second-order valence-corrected chi connectivity index (χ2v) is 9.39. The van der Waals surface area contributed by atoms with Crippen LogP contribution in [0.2, 0.25) is 0 Å². The maximum atomic E-state index is 13.5. The molecule has 2 aromatic carbocycles. The number of hydrazine groups is 2. The predicted molar refractivity (Wildman–Crippen MR) is 142 cm³/mol. The number of carbonyl (C=O) groups excluding carboxylic acids is 6. The number of benzene rings is 2. The molecule has 0 aromatic heterocycles. The van der Waals surface area contributed by atoms with Crippen LogP contribution in [0.15, 0.2) is 54.6 Å². The van der Waals surface area contributed by atoms with Crippen LogP contribution in [0.4, 0.5) is 10.5 Å². The number of carboxylic acids is 1. The number of nitrogens with zero attached hydrogens (tertiary/aromatic N) is 3. The highest BCUT2D eigenvalue weighted by Crippen LogP contribution is 2.24. The second kappa shape index (κ2) is 12.7. The van der Waals surface area contributed by atoms with E-state index in [1.54, 1.807) is 30.3 Å². The van der Waals surface area contributed by atoms with Gasteiger partial charge in [-0.2, -0.15) is 0 Å². The minimum absolute atomic E-state index is 0.128. The molecule has 2 saturated heterocycles. The lowest BCUT2D eigenvalue weighted by atomic mass is 10.1. The van der Waals surface area contributed by atoms with Crippen molar-refractivity contribution in [1.29, 1.82) is 0 Å². The molecule has 2 aromatic rings. The Bertz CT molecular complexity index is 1350. The maximum Gasteiger partial charge on any atom is 0.358 e. The molecule has 0 aliphatic carbocycles. The highest BCUT2D eigenvalue weighted by atomic mass is 16.4. The Labute approximate surface area is 234 Å². The predicted octanol–water partition coefficient (Wildman–Crippen LogP) is 0.776. The van der Waals surface area contributed by atoms with Crippen LogP contribution < -0.4 is 16.1 Å². The SMILES string of the molecule is O=C[C@H](CC(=O)O)NC(=O)[C@@H]1CCCN2C(=O)CCN(NC(=O)c3ccc(NC(=O)c4ccccc4)cc3)C(=O)N12. The number of nitrogens with one attached hydrogen (secondary N) is 3. The third kappa shape index (κ3) is 6.84. The van der Waals surface area contributed by atoms with E-state index in [2.05, 4.69) is 16.1 Å². The summed E-state index contributed by atoms with van der Waals surface area (Å²) in [5.41, 5.74) is 3.55. The molecule has 0 unspecified atom stereocenters. The minimum Gasteiger partial charge on any atom is -0.481 e. The van der Waals surface area contributed by atoms with Gasteiger partial charge in [0.25, 0.3) is 11.8 Å². The first-order chi connectivity index (χ1) is 19.7. The van der Waals surface area contributed by atoms with E-state index in [1.165, 1.54) is 24.3 Å². The van der Waals surface area contributed by atoms with Gasteiger partial charge in [-0.25, -0.2) is 19.8 Å². The number of carboxylic acid groups (broad SMARTS) is 1. The van der Waals surface area contributed by atoms with Gasteiger partial charge in [0.1, 0.15) is 12.3 Å². The third-order valence-electron chi connectivity index (χ3n) is 6.53. The van der Waals surface area contributed by atoms with Crippen LogP contribution in [0.1, 0.15) is 46.4 Å². The molecule has 2 fully saturated rings. The number of aliphatic carboxylic acids is 1. The molecule has 2 aliphatic heterocycles. The summed E-state index contributed by atoms with van der Waals surface area (Å²) in [6.45, 7) is 0.00444. The monoisotopic (exact) mass is 564 g/mol. The van der Waals surface area contributed by atoms with Crippen LogP contribution in [0.25, 0.3) is 0 Å². The number of carbonyl (C=O) groups is 7. The lowest BCUT2D eigenvalue weighted by Gasteiger charge is -2.42. The quantitative estimate of drug-likeness (QED) is 0.322. The number of urea groups is 1. The third-order valence-corrected chi connectivity index (χ3v) is 6.53. The Morgan fingerprint density at radius 3 is 2.29 bits per heavy atom. The number of hydrogen-bond acceptors (Lipinski definition) is 7. The lowest BCUT2D eigenvalue weighted by Crippen LogP contribution is -2.64. The average Bonchev–Trinajstić information content (AvgIpc) is 3.09. The topological polar surface area (TPSA) is 186 Å². The molecule has 2 atom stereocenters. The zero-order chi connectivity index (χ0) is 29.5. The number of anilines is 1. The van der Waals surface area contributed by atoms with Gasteiger partial charge in [-0.1, -0.05) is 18.2 Å². The molecular weight excluding hydrogens is 536 g/mol. The summed E-state index contributed by atoms with van der Waals surface area (Å²) in [5, 5.41) is 17.0. The smallest absolute Gasteiger partial charge is 0.358 e. The van der Waals surface area contributed by atoms with Crippen molar-refractivity contribution >= 4 is 47.6 Å². The van der Waals surface area contributed by atoms with Crippen LogP contribution in [0.5, 0.6) is 0 Å². The first kappa shape index (κ1) is 28.7. The summed E-state index contributed by atoms with van der Waals surface area (Å²) >= 11 is 0. The second-order valence-electron chi connectivity index (χ2n) is 9.39. The molecule has 2 aliphatic rings. The van der Waals surface area contributed by atoms with Gasteiger partial charge in [-0.15, -0.1) is 0 Å². The van der Waals surface area contributed by atoms with E-state index in [-0.39, 0.29) is 43.7 Å². The summed E-state index contributed by atoms with van der Waals surface area (Å²) in [7, 11) is 0. The molecule has 4 rings (SSSR count). The number of hydrogen-bond donors (Lipinski definition) is 4. The largest absolute Gasteiger partial charge is 0.481 e. The number of aldehydes is 1. The van der Waals surface area contributed by atoms with Crippen molar-refractivity contribution in [3.05, 3.63) is 65.7 Å². The molecule has 4 N–H and O–H groups in total. The van der Waals surface area contributed by atoms with Crippen molar-refractivity contribution in [3.63, 3.8) is 0 Å². The van der Waals surface area contributed by atoms with E-state index in [4.69, 9.17) is 5.11 Å². The Kier molecular flexibility index (Phi) is 8.92. The fourth-order valence-corrected chi connectivity index (χ4v) is 4.50. The van der Waals surface area contributed by atoms with E-state index in [0.717, 1.165) is 15.0 Å². The van der Waals surface area contributed by atoms with Crippen molar-refractivity contribution in [3.8, 4) is 0 Å². The fraction of sp³-hybridized carbons (Fsp3) is 0.296. The number of fused-ring (bicyclic) bond motifs is 1. The highest BCUT2D eigenvalue weighted by molar-refractivity contribution is 6.04. The molecule has 2 heterocycles. The van der Waals surface area contributed by atoms with Crippen LogP contribution in [-0.2, 0) is 19.2 Å². The molecule has 6 amide bonds. The molecule has 0 bridgehead atoms. The van der Waals surface area contributed by atoms with E-state index in [0.29, 0.717) is 17.7 Å². The molecule has 0 saturated carbocycles. The van der Waals surface area contributed by atoms with E-state index >= 15 is 0 Å². The van der Waals surface area contributed by atoms with Gasteiger partial charge in [0.05, 0.1) is 19.0 Å². The molecular formula is C27H28N6O8. The van der Waals surface area contributed by atoms with Crippen molar-refractivity contribution in [2.45, 2.75) is 37.8 Å². The zero-order valence-electron chi connectivity index (χ0n) is 21.8. The van der Waals surface area contributed by atoms with Crippen molar-refractivity contribution in [2.75, 3.05) is 18.4 Å². The van der Waals surface area contributed by atoms with Crippen molar-refractivity contribution in [1.82, 2.24) is 25.8 Å². The Morgan fingerprint density at radius 1 is 0.951 bits per heavy atom. The standard InChI is InChI=1S/C27H28N6O8/c34-16-20(15-23(36)37)29-26(40)21-7-4-13-32-22(35)12-14-31(27(41)33(21)32)30-25(39)18-8-10-19(11-9-18)28-24(38)17-5-2-1-3-6-17/h1-3,5-6,8-11,16,20-21H,4,7,12-15H2,(H,28,38)(H,29,40)(H,30,39)(H,36,37)/t20-,21-/m0/s1. The molecule has 0 radical (unpaired) electrons. The Balaban J connectivity index is 1.45. The van der Waals surface area contributed by atoms with Crippen LogP contribution in [0, 0.1) is 0 Å². The summed E-state index contributed by atoms with van der Waals surface area (Å²) < 4.78 is 0. The first-order valence-corrected chi connectivity index (χ1v) is 12.8. The maximum absolute atomic E-state index is 13.5. The summed E-state index contributed by atoms with van der Waals surface area (Å²) in [4.78, 5) is 86.9. The van der Waals surface area contributed by atoms with Crippen LogP contribution >= 0.6 is 0 Å². The summed E-state index contributed by atoms with van der Waals surface area (Å²) in [5.74, 6) is -3.52. The Hall–Kier alpha value is -5.27. The van der Waals surface area contributed by atoms with Gasteiger partial charge in [0.2, 0.25) is 11.8 Å². The number of rotatable bonds is 9. The summed E-state index contributed by atoms with van der Waals surface area (Å²) in [6, 6.07) is 11.2.